The maximum atomic E-state index is 12.7. The summed E-state index contributed by atoms with van der Waals surface area (Å²) in [5, 5.41) is 13.0. The van der Waals surface area contributed by atoms with Gasteiger partial charge in [0.25, 0.3) is 0 Å². The van der Waals surface area contributed by atoms with E-state index < -0.39 is 0 Å². The Hall–Kier alpha value is -2.02. The third-order valence-corrected chi connectivity index (χ3v) is 6.71. The van der Waals surface area contributed by atoms with Crippen molar-refractivity contribution in [3.05, 3.63) is 35.7 Å². The van der Waals surface area contributed by atoms with Crippen molar-refractivity contribution in [1.82, 2.24) is 20.1 Å². The van der Waals surface area contributed by atoms with E-state index in [1.807, 2.05) is 12.1 Å². The largest absolute Gasteiger partial charge is 0.497 e. The number of carbonyl (C=O) groups is 1. The van der Waals surface area contributed by atoms with Gasteiger partial charge in [-0.2, -0.15) is 0 Å². The number of ether oxygens (including phenoxy) is 1. The van der Waals surface area contributed by atoms with Crippen molar-refractivity contribution in [3.63, 3.8) is 0 Å². The lowest BCUT2D eigenvalue weighted by Crippen LogP contribution is -2.31. The summed E-state index contributed by atoms with van der Waals surface area (Å²) in [5.74, 6) is 3.56. The number of carbonyl (C=O) groups excluding carboxylic acids is 1. The van der Waals surface area contributed by atoms with Gasteiger partial charge in [0.1, 0.15) is 11.6 Å². The smallest absolute Gasteiger partial charge is 0.230 e. The second-order valence-electron chi connectivity index (χ2n) is 8.16. The third kappa shape index (κ3) is 3.90. The van der Waals surface area contributed by atoms with Crippen molar-refractivity contribution >= 4 is 17.7 Å². The van der Waals surface area contributed by atoms with E-state index in [9.17, 15) is 4.79 Å². The summed E-state index contributed by atoms with van der Waals surface area (Å²) in [7, 11) is 1.67. The van der Waals surface area contributed by atoms with Gasteiger partial charge in [0, 0.05) is 12.0 Å². The van der Waals surface area contributed by atoms with E-state index in [4.69, 9.17) is 4.74 Å². The normalized spacial score (nSPS) is 20.0. The zero-order chi connectivity index (χ0) is 19.1. The number of hydrogen-bond donors (Lipinski definition) is 1. The molecule has 3 aliphatic carbocycles. The van der Waals surface area contributed by atoms with E-state index in [-0.39, 0.29) is 11.9 Å². The SMILES string of the molecule is COc1ccc(C(NC(=O)CSc2nnc(C3CC3)n2C2CC2)C2CC2)cc1. The van der Waals surface area contributed by atoms with Crippen molar-refractivity contribution < 1.29 is 9.53 Å². The Balaban J connectivity index is 1.23. The van der Waals surface area contributed by atoms with E-state index in [0.717, 1.165) is 22.3 Å². The molecule has 0 radical (unpaired) electrons. The van der Waals surface area contributed by atoms with Crippen LogP contribution in [-0.2, 0) is 4.79 Å². The Morgan fingerprint density at radius 1 is 1.18 bits per heavy atom. The summed E-state index contributed by atoms with van der Waals surface area (Å²) in [6, 6.07) is 8.67. The molecule has 1 heterocycles. The summed E-state index contributed by atoms with van der Waals surface area (Å²) in [6.45, 7) is 0. The summed E-state index contributed by atoms with van der Waals surface area (Å²) in [5.41, 5.74) is 1.15. The fourth-order valence-corrected chi connectivity index (χ4v) is 4.57. The molecule has 2 aromatic rings. The highest BCUT2D eigenvalue weighted by Crippen LogP contribution is 2.46. The molecule has 1 atom stereocenters. The zero-order valence-electron chi connectivity index (χ0n) is 16.1. The van der Waals surface area contributed by atoms with Crippen LogP contribution in [0.5, 0.6) is 5.75 Å². The second-order valence-corrected chi connectivity index (χ2v) is 9.10. The van der Waals surface area contributed by atoms with E-state index in [2.05, 4.69) is 32.2 Å². The molecule has 1 unspecified atom stereocenters. The number of aromatic nitrogens is 3. The lowest BCUT2D eigenvalue weighted by atomic mass is 10.0. The lowest BCUT2D eigenvalue weighted by molar-refractivity contribution is -0.119. The summed E-state index contributed by atoms with van der Waals surface area (Å²) in [4.78, 5) is 12.7. The Kier molecular flexibility index (Phi) is 4.78. The Morgan fingerprint density at radius 3 is 2.54 bits per heavy atom. The van der Waals surface area contributed by atoms with Crippen molar-refractivity contribution in [2.24, 2.45) is 5.92 Å². The molecule has 5 rings (SSSR count). The van der Waals surface area contributed by atoms with Crippen molar-refractivity contribution in [3.8, 4) is 5.75 Å². The van der Waals surface area contributed by atoms with Crippen molar-refractivity contribution in [2.75, 3.05) is 12.9 Å². The van der Waals surface area contributed by atoms with E-state index in [1.54, 1.807) is 7.11 Å². The molecular weight excluding hydrogens is 372 g/mol. The van der Waals surface area contributed by atoms with Gasteiger partial charge in [-0.25, -0.2) is 0 Å². The van der Waals surface area contributed by atoms with Crippen LogP contribution >= 0.6 is 11.8 Å². The topological polar surface area (TPSA) is 69.0 Å². The highest BCUT2D eigenvalue weighted by molar-refractivity contribution is 7.99. The number of rotatable bonds is 9. The maximum absolute atomic E-state index is 12.7. The lowest BCUT2D eigenvalue weighted by Gasteiger charge is -2.19. The second kappa shape index (κ2) is 7.43. The van der Waals surface area contributed by atoms with Gasteiger partial charge >= 0.3 is 0 Å². The average molecular weight is 399 g/mol. The third-order valence-electron chi connectivity index (χ3n) is 5.76. The molecule has 0 bridgehead atoms. The zero-order valence-corrected chi connectivity index (χ0v) is 17.0. The molecule has 1 N–H and O–H groups in total. The molecule has 0 spiro atoms. The molecule has 1 aromatic carbocycles. The predicted octanol–water partition coefficient (Wildman–Crippen LogP) is 3.86. The van der Waals surface area contributed by atoms with Crippen LogP contribution in [0.3, 0.4) is 0 Å². The van der Waals surface area contributed by atoms with Crippen LogP contribution in [0.1, 0.15) is 67.9 Å². The first-order valence-corrected chi connectivity index (χ1v) is 11.2. The molecule has 1 amide bonds. The minimum absolute atomic E-state index is 0.0658. The van der Waals surface area contributed by atoms with Crippen LogP contribution in [0.2, 0.25) is 0 Å². The number of nitrogens with zero attached hydrogens (tertiary/aromatic N) is 3. The van der Waals surface area contributed by atoms with Gasteiger partial charge in [0.15, 0.2) is 5.16 Å². The van der Waals surface area contributed by atoms with Gasteiger partial charge in [0.2, 0.25) is 5.91 Å². The number of hydrogen-bond acceptors (Lipinski definition) is 5. The maximum Gasteiger partial charge on any atom is 0.230 e. The highest BCUT2D eigenvalue weighted by Gasteiger charge is 2.37. The van der Waals surface area contributed by atoms with Crippen LogP contribution in [0.25, 0.3) is 0 Å². The highest BCUT2D eigenvalue weighted by atomic mass is 32.2. The van der Waals surface area contributed by atoms with Crippen LogP contribution in [0, 0.1) is 5.92 Å². The number of methoxy groups -OCH3 is 1. The predicted molar refractivity (Wildman–Crippen MR) is 108 cm³/mol. The molecule has 28 heavy (non-hydrogen) atoms. The Labute approximate surface area is 169 Å². The average Bonchev–Trinajstić information content (AvgIpc) is 3.57. The summed E-state index contributed by atoms with van der Waals surface area (Å²) < 4.78 is 7.55. The summed E-state index contributed by atoms with van der Waals surface area (Å²) >= 11 is 1.52. The fraction of sp³-hybridized carbons (Fsp3) is 0.571. The first-order valence-electron chi connectivity index (χ1n) is 10.2. The number of nitrogens with one attached hydrogen (secondary N) is 1. The van der Waals surface area contributed by atoms with Crippen LogP contribution in [-0.4, -0.2) is 33.5 Å². The van der Waals surface area contributed by atoms with Crippen molar-refractivity contribution in [2.45, 2.75) is 61.7 Å². The number of amides is 1. The Morgan fingerprint density at radius 2 is 1.93 bits per heavy atom. The minimum atomic E-state index is 0.0658. The molecule has 0 saturated heterocycles. The molecule has 3 saturated carbocycles. The minimum Gasteiger partial charge on any atom is -0.497 e. The van der Waals surface area contributed by atoms with Crippen LogP contribution in [0.4, 0.5) is 0 Å². The van der Waals surface area contributed by atoms with Gasteiger partial charge in [-0.15, -0.1) is 10.2 Å². The van der Waals surface area contributed by atoms with Gasteiger partial charge in [-0.05, 0) is 62.1 Å². The first kappa shape index (κ1) is 18.0. The fourth-order valence-electron chi connectivity index (χ4n) is 3.74. The molecular formula is C21H26N4O2S. The monoisotopic (exact) mass is 398 g/mol. The van der Waals surface area contributed by atoms with E-state index in [1.165, 1.54) is 50.3 Å². The standard InChI is InChI=1S/C21H26N4O2S/c1-27-17-10-6-14(7-11-17)19(13-2-3-13)22-18(26)12-28-21-24-23-20(15-4-5-15)25(21)16-8-9-16/h6-7,10-11,13,15-16,19H,2-5,8-9,12H2,1H3,(H,22,26). The first-order chi connectivity index (χ1) is 13.7. The van der Waals surface area contributed by atoms with Crippen LogP contribution in [0.15, 0.2) is 29.4 Å². The molecule has 6 nitrogen and oxygen atoms in total. The van der Waals surface area contributed by atoms with Gasteiger partial charge in [0.05, 0.1) is 18.9 Å². The van der Waals surface area contributed by atoms with E-state index in [0.29, 0.717) is 23.6 Å². The molecule has 7 heteroatoms. The van der Waals surface area contributed by atoms with Gasteiger partial charge in [-0.1, -0.05) is 23.9 Å². The van der Waals surface area contributed by atoms with Gasteiger partial charge in [-0.3, -0.25) is 4.79 Å². The van der Waals surface area contributed by atoms with Crippen molar-refractivity contribution in [1.29, 1.82) is 0 Å². The molecule has 3 fully saturated rings. The molecule has 3 aliphatic rings. The molecule has 1 aromatic heterocycles. The van der Waals surface area contributed by atoms with Crippen LogP contribution < -0.4 is 10.1 Å². The number of thioether (sulfide) groups is 1. The van der Waals surface area contributed by atoms with E-state index >= 15 is 0 Å². The molecule has 0 aliphatic heterocycles. The van der Waals surface area contributed by atoms with Gasteiger partial charge < -0.3 is 14.6 Å². The molecule has 148 valence electrons. The Bertz CT molecular complexity index is 854. The number of benzene rings is 1. The quantitative estimate of drug-likeness (QED) is 0.650. The summed E-state index contributed by atoms with van der Waals surface area (Å²) in [6.07, 6.45) is 7.20.